The van der Waals surface area contributed by atoms with E-state index < -0.39 is 0 Å². The predicted molar refractivity (Wildman–Crippen MR) is 51.4 cm³/mol. The predicted octanol–water partition coefficient (Wildman–Crippen LogP) is 2.68. The standard InChI is InChI=1S/C11H14O/c1-3-6-10-8-5-7-9(4-2)11(10)12/h3,5,7-8,12H,1,4,6H2,2H3. The maximum absolute atomic E-state index is 9.67. The summed E-state index contributed by atoms with van der Waals surface area (Å²) in [4.78, 5) is 0. The Morgan fingerprint density at radius 1 is 1.42 bits per heavy atom. The Morgan fingerprint density at radius 3 is 2.67 bits per heavy atom. The molecule has 0 saturated carbocycles. The summed E-state index contributed by atoms with van der Waals surface area (Å²) in [5.74, 6) is 0.430. The molecule has 0 spiro atoms. The maximum atomic E-state index is 9.67. The summed E-state index contributed by atoms with van der Waals surface area (Å²) in [5.41, 5.74) is 1.97. The molecule has 0 bridgehead atoms. The molecule has 0 atom stereocenters. The van der Waals surface area contributed by atoms with Gasteiger partial charge in [0.2, 0.25) is 0 Å². The fraction of sp³-hybridized carbons (Fsp3) is 0.273. The van der Waals surface area contributed by atoms with Gasteiger partial charge in [0, 0.05) is 0 Å². The summed E-state index contributed by atoms with van der Waals surface area (Å²) < 4.78 is 0. The van der Waals surface area contributed by atoms with Gasteiger partial charge in [0.1, 0.15) is 5.75 Å². The number of phenolic OH excluding ortho intramolecular Hbond substituents is 1. The van der Waals surface area contributed by atoms with Gasteiger partial charge < -0.3 is 5.11 Å². The van der Waals surface area contributed by atoms with Crippen molar-refractivity contribution in [2.45, 2.75) is 19.8 Å². The highest BCUT2D eigenvalue weighted by Gasteiger charge is 2.02. The van der Waals surface area contributed by atoms with Crippen LogP contribution in [0.1, 0.15) is 18.1 Å². The average Bonchev–Trinajstić information content (AvgIpc) is 2.09. The Kier molecular flexibility index (Phi) is 2.92. The first-order chi connectivity index (χ1) is 5.79. The van der Waals surface area contributed by atoms with Crippen LogP contribution in [0, 0.1) is 0 Å². The van der Waals surface area contributed by atoms with Gasteiger partial charge in [-0.15, -0.1) is 6.58 Å². The highest BCUT2D eigenvalue weighted by atomic mass is 16.3. The molecule has 0 heterocycles. The molecule has 1 heteroatoms. The van der Waals surface area contributed by atoms with Gasteiger partial charge in [-0.2, -0.15) is 0 Å². The van der Waals surface area contributed by atoms with E-state index in [1.807, 2.05) is 25.1 Å². The topological polar surface area (TPSA) is 20.2 Å². The summed E-state index contributed by atoms with van der Waals surface area (Å²) in [6.07, 6.45) is 3.41. The smallest absolute Gasteiger partial charge is 0.122 e. The first kappa shape index (κ1) is 8.85. The largest absolute Gasteiger partial charge is 0.507 e. The highest BCUT2D eigenvalue weighted by molar-refractivity contribution is 5.41. The van der Waals surface area contributed by atoms with Crippen LogP contribution in [0.3, 0.4) is 0 Å². The van der Waals surface area contributed by atoms with E-state index in [4.69, 9.17) is 0 Å². The van der Waals surface area contributed by atoms with E-state index in [2.05, 4.69) is 6.58 Å². The van der Waals surface area contributed by atoms with Crippen molar-refractivity contribution >= 4 is 0 Å². The van der Waals surface area contributed by atoms with Crippen LogP contribution in [0.25, 0.3) is 0 Å². The zero-order valence-corrected chi connectivity index (χ0v) is 7.38. The molecule has 1 aromatic carbocycles. The van der Waals surface area contributed by atoms with Crippen molar-refractivity contribution in [1.82, 2.24) is 0 Å². The summed E-state index contributed by atoms with van der Waals surface area (Å²) in [7, 11) is 0. The van der Waals surface area contributed by atoms with Gasteiger partial charge in [0.05, 0.1) is 0 Å². The molecule has 0 fully saturated rings. The minimum Gasteiger partial charge on any atom is -0.507 e. The Balaban J connectivity index is 3.04. The van der Waals surface area contributed by atoms with Gasteiger partial charge in [0.25, 0.3) is 0 Å². The summed E-state index contributed by atoms with van der Waals surface area (Å²) >= 11 is 0. The quantitative estimate of drug-likeness (QED) is 0.677. The second kappa shape index (κ2) is 3.96. The first-order valence-electron chi connectivity index (χ1n) is 4.20. The number of phenols is 1. The lowest BCUT2D eigenvalue weighted by molar-refractivity contribution is 0.463. The molecule has 1 aromatic rings. The van der Waals surface area contributed by atoms with Crippen LogP contribution in [0.2, 0.25) is 0 Å². The molecule has 1 rings (SSSR count). The monoisotopic (exact) mass is 162 g/mol. The fourth-order valence-electron chi connectivity index (χ4n) is 1.25. The molecular weight excluding hydrogens is 148 g/mol. The van der Waals surface area contributed by atoms with Crippen molar-refractivity contribution in [2.75, 3.05) is 0 Å². The van der Waals surface area contributed by atoms with E-state index in [-0.39, 0.29) is 0 Å². The van der Waals surface area contributed by atoms with Crippen LogP contribution in [-0.2, 0) is 12.8 Å². The van der Waals surface area contributed by atoms with Gasteiger partial charge >= 0.3 is 0 Å². The van der Waals surface area contributed by atoms with Crippen molar-refractivity contribution in [3.05, 3.63) is 42.0 Å². The second-order valence-corrected chi connectivity index (χ2v) is 2.77. The second-order valence-electron chi connectivity index (χ2n) is 2.77. The SMILES string of the molecule is C=CCc1cccc(CC)c1O. The third-order valence-corrected chi connectivity index (χ3v) is 1.95. The van der Waals surface area contributed by atoms with E-state index in [0.29, 0.717) is 5.75 Å². The van der Waals surface area contributed by atoms with E-state index in [0.717, 1.165) is 24.0 Å². The number of benzene rings is 1. The van der Waals surface area contributed by atoms with Crippen molar-refractivity contribution < 1.29 is 5.11 Å². The molecule has 0 aliphatic rings. The third-order valence-electron chi connectivity index (χ3n) is 1.95. The van der Waals surface area contributed by atoms with Crippen LogP contribution in [0.5, 0.6) is 5.75 Å². The van der Waals surface area contributed by atoms with Gasteiger partial charge in [-0.1, -0.05) is 31.2 Å². The lowest BCUT2D eigenvalue weighted by atomic mass is 10.0. The zero-order valence-electron chi connectivity index (χ0n) is 7.38. The maximum Gasteiger partial charge on any atom is 0.122 e. The van der Waals surface area contributed by atoms with E-state index >= 15 is 0 Å². The van der Waals surface area contributed by atoms with Crippen molar-refractivity contribution in [1.29, 1.82) is 0 Å². The lowest BCUT2D eigenvalue weighted by Gasteiger charge is -2.05. The van der Waals surface area contributed by atoms with Gasteiger partial charge in [0.15, 0.2) is 0 Å². The number of hydrogen-bond acceptors (Lipinski definition) is 1. The number of rotatable bonds is 3. The Hall–Kier alpha value is -1.24. The fourth-order valence-corrected chi connectivity index (χ4v) is 1.25. The van der Waals surface area contributed by atoms with Crippen LogP contribution >= 0.6 is 0 Å². The molecule has 0 amide bonds. The molecule has 0 aliphatic heterocycles. The zero-order chi connectivity index (χ0) is 8.97. The summed E-state index contributed by atoms with van der Waals surface area (Å²) in [6.45, 7) is 5.68. The number of allylic oxidation sites excluding steroid dienone is 1. The molecule has 0 aromatic heterocycles. The average molecular weight is 162 g/mol. The van der Waals surface area contributed by atoms with Gasteiger partial charge in [-0.3, -0.25) is 0 Å². The highest BCUT2D eigenvalue weighted by Crippen LogP contribution is 2.23. The van der Waals surface area contributed by atoms with E-state index in [1.165, 1.54) is 0 Å². The van der Waals surface area contributed by atoms with Crippen molar-refractivity contribution in [3.8, 4) is 5.75 Å². The normalized spacial score (nSPS) is 9.75. The van der Waals surface area contributed by atoms with Crippen LogP contribution in [0.15, 0.2) is 30.9 Å². The van der Waals surface area contributed by atoms with E-state index in [1.54, 1.807) is 6.08 Å². The lowest BCUT2D eigenvalue weighted by Crippen LogP contribution is -1.87. The first-order valence-corrected chi connectivity index (χ1v) is 4.20. The number of hydrogen-bond donors (Lipinski definition) is 1. The number of aromatic hydroxyl groups is 1. The van der Waals surface area contributed by atoms with Crippen LogP contribution in [-0.4, -0.2) is 5.11 Å². The summed E-state index contributed by atoms with van der Waals surface area (Å²) in [5, 5.41) is 9.67. The number of para-hydroxylation sites is 1. The van der Waals surface area contributed by atoms with Crippen molar-refractivity contribution in [3.63, 3.8) is 0 Å². The number of aryl methyl sites for hydroxylation is 1. The van der Waals surface area contributed by atoms with Crippen LogP contribution in [0.4, 0.5) is 0 Å². The third kappa shape index (κ3) is 1.67. The minimum atomic E-state index is 0.430. The van der Waals surface area contributed by atoms with Crippen molar-refractivity contribution in [2.24, 2.45) is 0 Å². The molecule has 0 unspecified atom stereocenters. The van der Waals surface area contributed by atoms with Gasteiger partial charge in [-0.25, -0.2) is 0 Å². The molecule has 0 radical (unpaired) electrons. The molecule has 1 N–H and O–H groups in total. The summed E-state index contributed by atoms with van der Waals surface area (Å²) in [6, 6.07) is 5.84. The molecule has 0 saturated heterocycles. The Labute approximate surface area is 73.4 Å². The minimum absolute atomic E-state index is 0.430. The molecule has 12 heavy (non-hydrogen) atoms. The Morgan fingerprint density at radius 2 is 2.08 bits per heavy atom. The molecule has 1 nitrogen and oxygen atoms in total. The van der Waals surface area contributed by atoms with Gasteiger partial charge in [-0.05, 0) is 24.0 Å². The van der Waals surface area contributed by atoms with E-state index in [9.17, 15) is 5.11 Å². The van der Waals surface area contributed by atoms with Crippen LogP contribution < -0.4 is 0 Å². The molecule has 0 aliphatic carbocycles. The molecule has 64 valence electrons. The molecular formula is C11H14O. The Bertz CT molecular complexity index is 276.